The molecule has 1 aliphatic heterocycles. The summed E-state index contributed by atoms with van der Waals surface area (Å²) in [5.41, 5.74) is 0.508. The summed E-state index contributed by atoms with van der Waals surface area (Å²) in [6, 6.07) is 7.64. The Balaban J connectivity index is 2.06. The second-order valence-electron chi connectivity index (χ2n) is 8.45. The minimum atomic E-state index is -0.535. The Labute approximate surface area is 167 Å². The van der Waals surface area contributed by atoms with Crippen LogP contribution in [0.15, 0.2) is 24.3 Å². The van der Waals surface area contributed by atoms with Gasteiger partial charge in [0.05, 0.1) is 5.92 Å². The number of nitrogens with zero attached hydrogens (tertiary/aromatic N) is 2. The molecule has 0 saturated carbocycles. The van der Waals surface area contributed by atoms with E-state index in [1.165, 1.54) is 0 Å². The molecule has 1 fully saturated rings. The van der Waals surface area contributed by atoms with E-state index in [9.17, 15) is 9.59 Å². The predicted octanol–water partition coefficient (Wildman–Crippen LogP) is 4.72. The van der Waals surface area contributed by atoms with Crippen LogP contribution in [0.5, 0.6) is 0 Å². The van der Waals surface area contributed by atoms with E-state index >= 15 is 0 Å². The molecule has 1 saturated heterocycles. The second-order valence-corrected chi connectivity index (χ2v) is 8.89. The zero-order chi connectivity index (χ0) is 20.2. The van der Waals surface area contributed by atoms with Gasteiger partial charge >= 0.3 is 6.09 Å². The van der Waals surface area contributed by atoms with Crippen molar-refractivity contribution < 1.29 is 14.3 Å². The van der Waals surface area contributed by atoms with Crippen molar-refractivity contribution >= 4 is 23.6 Å². The number of likely N-dealkylation sites (tertiary alicyclic amines) is 1. The molecule has 5 nitrogen and oxygen atoms in total. The van der Waals surface area contributed by atoms with Crippen molar-refractivity contribution in [1.29, 1.82) is 0 Å². The molecule has 1 aliphatic rings. The number of halogens is 1. The molecular weight excluding hydrogens is 364 g/mol. The van der Waals surface area contributed by atoms with Crippen molar-refractivity contribution in [2.24, 2.45) is 5.92 Å². The summed E-state index contributed by atoms with van der Waals surface area (Å²) in [4.78, 5) is 29.1. The molecule has 0 N–H and O–H groups in total. The fourth-order valence-electron chi connectivity index (χ4n) is 3.21. The Bertz CT molecular complexity index is 652. The lowest BCUT2D eigenvalue weighted by atomic mass is 9.96. The van der Waals surface area contributed by atoms with E-state index in [0.717, 1.165) is 18.4 Å². The van der Waals surface area contributed by atoms with Crippen LogP contribution in [-0.4, -0.2) is 46.5 Å². The predicted molar refractivity (Wildman–Crippen MR) is 108 cm³/mol. The molecule has 0 aromatic heterocycles. The maximum absolute atomic E-state index is 13.2. The Morgan fingerprint density at radius 1 is 1.26 bits per heavy atom. The molecule has 0 bridgehead atoms. The van der Waals surface area contributed by atoms with Crippen LogP contribution < -0.4 is 0 Å². The van der Waals surface area contributed by atoms with Crippen molar-refractivity contribution in [3.05, 3.63) is 34.9 Å². The lowest BCUT2D eigenvalue weighted by molar-refractivity contribution is -0.139. The van der Waals surface area contributed by atoms with Gasteiger partial charge in [0, 0.05) is 30.7 Å². The van der Waals surface area contributed by atoms with Gasteiger partial charge in [0.2, 0.25) is 5.91 Å². The number of carbonyl (C=O) groups excluding carboxylic acids is 2. The van der Waals surface area contributed by atoms with Crippen LogP contribution in [0.1, 0.15) is 53.0 Å². The third kappa shape index (κ3) is 6.42. The summed E-state index contributed by atoms with van der Waals surface area (Å²) >= 11 is 5.96. The summed E-state index contributed by atoms with van der Waals surface area (Å²) in [5.74, 6) is -0.103. The van der Waals surface area contributed by atoms with Gasteiger partial charge in [0.15, 0.2) is 0 Å². The number of ether oxygens (including phenoxy) is 1. The standard InChI is InChI=1S/C21H31ClN2O3/c1-15(2)24(13-16-8-10-18(22)11-9-16)19(25)17-7-6-12-23(14-17)20(26)27-21(3,4)5/h8-11,15,17H,6-7,12-14H2,1-5H3. The lowest BCUT2D eigenvalue weighted by Gasteiger charge is -2.37. The lowest BCUT2D eigenvalue weighted by Crippen LogP contribution is -2.49. The molecule has 1 atom stereocenters. The van der Waals surface area contributed by atoms with Crippen LogP contribution in [0.2, 0.25) is 5.02 Å². The van der Waals surface area contributed by atoms with Crippen LogP contribution in [0.3, 0.4) is 0 Å². The number of hydrogen-bond acceptors (Lipinski definition) is 3. The van der Waals surface area contributed by atoms with Gasteiger partial charge in [0.25, 0.3) is 0 Å². The van der Waals surface area contributed by atoms with E-state index in [2.05, 4.69) is 0 Å². The number of piperidine rings is 1. The molecule has 2 rings (SSSR count). The molecular formula is C21H31ClN2O3. The highest BCUT2D eigenvalue weighted by molar-refractivity contribution is 6.30. The van der Waals surface area contributed by atoms with E-state index in [4.69, 9.17) is 16.3 Å². The van der Waals surface area contributed by atoms with Crippen LogP contribution in [0.25, 0.3) is 0 Å². The number of amides is 2. The number of rotatable bonds is 4. The van der Waals surface area contributed by atoms with Gasteiger partial charge in [0.1, 0.15) is 5.60 Å². The van der Waals surface area contributed by atoms with Crippen LogP contribution in [0.4, 0.5) is 4.79 Å². The molecule has 2 amide bonds. The fourth-order valence-corrected chi connectivity index (χ4v) is 3.33. The minimum Gasteiger partial charge on any atom is -0.444 e. The Hall–Kier alpha value is -1.75. The van der Waals surface area contributed by atoms with Gasteiger partial charge in [-0.3, -0.25) is 4.79 Å². The average Bonchev–Trinajstić information content (AvgIpc) is 2.59. The third-order valence-electron chi connectivity index (χ3n) is 4.59. The maximum atomic E-state index is 13.2. The molecule has 1 aromatic rings. The highest BCUT2D eigenvalue weighted by Gasteiger charge is 2.33. The number of carbonyl (C=O) groups is 2. The highest BCUT2D eigenvalue weighted by atomic mass is 35.5. The van der Waals surface area contributed by atoms with E-state index in [1.807, 2.05) is 63.8 Å². The van der Waals surface area contributed by atoms with Crippen molar-refractivity contribution in [3.63, 3.8) is 0 Å². The van der Waals surface area contributed by atoms with E-state index in [1.54, 1.807) is 4.90 Å². The van der Waals surface area contributed by atoms with Gasteiger partial charge in [-0.15, -0.1) is 0 Å². The van der Waals surface area contributed by atoms with Crippen molar-refractivity contribution in [1.82, 2.24) is 9.80 Å². The van der Waals surface area contributed by atoms with E-state index in [-0.39, 0.29) is 24.0 Å². The third-order valence-corrected chi connectivity index (χ3v) is 4.85. The summed E-state index contributed by atoms with van der Waals surface area (Å²) in [6.45, 7) is 11.2. The molecule has 1 unspecified atom stereocenters. The maximum Gasteiger partial charge on any atom is 0.410 e. The Morgan fingerprint density at radius 2 is 1.89 bits per heavy atom. The highest BCUT2D eigenvalue weighted by Crippen LogP contribution is 2.23. The van der Waals surface area contributed by atoms with Crippen LogP contribution in [-0.2, 0) is 16.1 Å². The Kier molecular flexibility index (Phi) is 7.15. The van der Waals surface area contributed by atoms with Gasteiger partial charge in [-0.05, 0) is 65.2 Å². The minimum absolute atomic E-state index is 0.0741. The van der Waals surface area contributed by atoms with E-state index < -0.39 is 5.60 Å². The zero-order valence-electron chi connectivity index (χ0n) is 17.0. The second kappa shape index (κ2) is 8.96. The van der Waals surface area contributed by atoms with Crippen molar-refractivity contribution in [2.45, 2.75) is 65.6 Å². The summed E-state index contributed by atoms with van der Waals surface area (Å²) in [6.07, 6.45) is 1.26. The smallest absolute Gasteiger partial charge is 0.410 e. The molecule has 1 aromatic carbocycles. The number of hydrogen-bond donors (Lipinski definition) is 0. The molecule has 0 spiro atoms. The van der Waals surface area contributed by atoms with Crippen LogP contribution in [0, 0.1) is 5.92 Å². The molecule has 27 heavy (non-hydrogen) atoms. The Morgan fingerprint density at radius 3 is 2.44 bits per heavy atom. The van der Waals surface area contributed by atoms with Gasteiger partial charge in [-0.1, -0.05) is 23.7 Å². The largest absolute Gasteiger partial charge is 0.444 e. The monoisotopic (exact) mass is 394 g/mol. The van der Waals surface area contributed by atoms with Crippen LogP contribution >= 0.6 is 11.6 Å². The fraction of sp³-hybridized carbons (Fsp3) is 0.619. The molecule has 0 radical (unpaired) electrons. The molecule has 1 heterocycles. The summed E-state index contributed by atoms with van der Waals surface area (Å²) in [7, 11) is 0. The van der Waals surface area contributed by atoms with Gasteiger partial charge in [-0.2, -0.15) is 0 Å². The molecule has 6 heteroatoms. The SMILES string of the molecule is CC(C)N(Cc1ccc(Cl)cc1)C(=O)C1CCCN(C(=O)OC(C)(C)C)C1. The first kappa shape index (κ1) is 21.5. The topological polar surface area (TPSA) is 49.9 Å². The van der Waals surface area contributed by atoms with Gasteiger partial charge in [-0.25, -0.2) is 4.79 Å². The normalized spacial score (nSPS) is 17.7. The quantitative estimate of drug-likeness (QED) is 0.742. The summed E-state index contributed by atoms with van der Waals surface area (Å²) in [5, 5.41) is 0.682. The first-order valence-electron chi connectivity index (χ1n) is 9.59. The first-order chi connectivity index (χ1) is 12.6. The van der Waals surface area contributed by atoms with Crippen molar-refractivity contribution in [3.8, 4) is 0 Å². The zero-order valence-corrected chi connectivity index (χ0v) is 17.8. The number of benzene rings is 1. The first-order valence-corrected chi connectivity index (χ1v) is 9.97. The van der Waals surface area contributed by atoms with E-state index in [0.29, 0.717) is 24.7 Å². The van der Waals surface area contributed by atoms with Crippen molar-refractivity contribution in [2.75, 3.05) is 13.1 Å². The average molecular weight is 395 g/mol. The van der Waals surface area contributed by atoms with Gasteiger partial charge < -0.3 is 14.5 Å². The molecule has 0 aliphatic carbocycles. The molecule has 150 valence electrons. The summed E-state index contributed by atoms with van der Waals surface area (Å²) < 4.78 is 5.47.